The van der Waals surface area contributed by atoms with Crippen molar-refractivity contribution in [3.63, 3.8) is 0 Å². The van der Waals surface area contributed by atoms with Crippen LogP contribution in [-0.2, 0) is 11.3 Å². The Hall–Kier alpha value is -4.46. The largest absolute Gasteiger partial charge is 0.497 e. The summed E-state index contributed by atoms with van der Waals surface area (Å²) in [6.07, 6.45) is 2.71. The molecule has 1 aliphatic heterocycles. The van der Waals surface area contributed by atoms with Gasteiger partial charge in [0.1, 0.15) is 23.4 Å². The fraction of sp³-hybridized carbons (Fsp3) is 0.231. The molecule has 0 aliphatic carbocycles. The van der Waals surface area contributed by atoms with Crippen LogP contribution in [0.3, 0.4) is 0 Å². The maximum absolute atomic E-state index is 14.0. The van der Waals surface area contributed by atoms with Crippen LogP contribution in [0.2, 0.25) is 5.02 Å². The van der Waals surface area contributed by atoms with Gasteiger partial charge >= 0.3 is 0 Å². The number of nitrogens with one attached hydrogen (secondary N) is 3. The van der Waals surface area contributed by atoms with Gasteiger partial charge in [0, 0.05) is 23.7 Å². The molecular weight excluding hydrogens is 543 g/mol. The average Bonchev–Trinajstić information content (AvgIpc) is 3.27. The van der Waals surface area contributed by atoms with Gasteiger partial charge in [0.2, 0.25) is 11.9 Å². The molecule has 1 aliphatic rings. The summed E-state index contributed by atoms with van der Waals surface area (Å²) in [7, 11) is 1.39. The minimum Gasteiger partial charge on any atom is -0.497 e. The van der Waals surface area contributed by atoms with Gasteiger partial charge < -0.3 is 36.5 Å². The van der Waals surface area contributed by atoms with E-state index >= 15 is 0 Å². The summed E-state index contributed by atoms with van der Waals surface area (Å²) in [6, 6.07) is 7.29. The van der Waals surface area contributed by atoms with Crippen molar-refractivity contribution in [2.45, 2.75) is 25.6 Å². The highest BCUT2D eigenvalue weighted by molar-refractivity contribution is 6.33. The average molecular weight is 571 g/mol. The van der Waals surface area contributed by atoms with E-state index in [1.807, 2.05) is 0 Å². The van der Waals surface area contributed by atoms with E-state index in [1.54, 1.807) is 25.1 Å². The van der Waals surface area contributed by atoms with E-state index in [0.717, 1.165) is 0 Å². The van der Waals surface area contributed by atoms with Gasteiger partial charge in [0.15, 0.2) is 0 Å². The molecule has 0 radical (unpaired) electrons. The summed E-state index contributed by atoms with van der Waals surface area (Å²) in [5, 5.41) is 15.6. The first-order valence-electron chi connectivity index (χ1n) is 12.1. The second-order valence-corrected chi connectivity index (χ2v) is 9.34. The molecule has 4 rings (SSSR count). The number of anilines is 1. The zero-order valence-electron chi connectivity index (χ0n) is 21.6. The highest BCUT2D eigenvalue weighted by atomic mass is 35.5. The molecule has 0 saturated heterocycles. The molecule has 3 aromatic rings. The summed E-state index contributed by atoms with van der Waals surface area (Å²) >= 11 is 6.35. The van der Waals surface area contributed by atoms with Gasteiger partial charge in [-0.05, 0) is 36.2 Å². The molecule has 2 heterocycles. The predicted molar refractivity (Wildman–Crippen MR) is 146 cm³/mol. The number of halogens is 2. The molecule has 0 fully saturated rings. The first-order chi connectivity index (χ1) is 19.1. The van der Waals surface area contributed by atoms with Gasteiger partial charge in [-0.25, -0.2) is 14.4 Å². The number of benzene rings is 2. The Balaban J connectivity index is 1.52. The molecule has 0 bridgehead atoms. The molecule has 2 atom stereocenters. The van der Waals surface area contributed by atoms with Crippen molar-refractivity contribution < 1.29 is 23.8 Å². The Morgan fingerprint density at radius 1 is 1.32 bits per heavy atom. The maximum atomic E-state index is 14.0. The van der Waals surface area contributed by atoms with Crippen molar-refractivity contribution in [3.05, 3.63) is 82.1 Å². The van der Waals surface area contributed by atoms with Gasteiger partial charge in [-0.15, -0.1) is 0 Å². The van der Waals surface area contributed by atoms with Crippen LogP contribution in [0.15, 0.2) is 54.6 Å². The van der Waals surface area contributed by atoms with E-state index in [2.05, 4.69) is 26.0 Å². The van der Waals surface area contributed by atoms with E-state index in [1.165, 1.54) is 42.6 Å². The van der Waals surface area contributed by atoms with Gasteiger partial charge in [-0.3, -0.25) is 15.4 Å². The molecule has 2 amide bonds. The fourth-order valence-electron chi connectivity index (χ4n) is 4.24. The summed E-state index contributed by atoms with van der Waals surface area (Å²) in [4.78, 5) is 36.4. The number of aliphatic hydroxyl groups excluding tert-OH is 1. The number of carbonyl (C=O) groups is 2. The Morgan fingerprint density at radius 3 is 2.80 bits per heavy atom. The lowest BCUT2D eigenvalue weighted by Gasteiger charge is -2.26. The van der Waals surface area contributed by atoms with Gasteiger partial charge in [-0.1, -0.05) is 23.7 Å². The molecule has 0 unspecified atom stereocenters. The summed E-state index contributed by atoms with van der Waals surface area (Å²) < 4.78 is 19.1. The minimum atomic E-state index is -0.904. The Bertz CT molecular complexity index is 1470. The summed E-state index contributed by atoms with van der Waals surface area (Å²) in [6.45, 7) is 1.29. The fourth-order valence-corrected chi connectivity index (χ4v) is 4.44. The van der Waals surface area contributed by atoms with E-state index in [0.29, 0.717) is 27.9 Å². The number of methoxy groups -OCH3 is 1. The van der Waals surface area contributed by atoms with Gasteiger partial charge in [0.25, 0.3) is 5.91 Å². The van der Waals surface area contributed by atoms with Crippen molar-refractivity contribution in [2.24, 2.45) is 11.6 Å². The van der Waals surface area contributed by atoms with Crippen LogP contribution < -0.4 is 32.4 Å². The van der Waals surface area contributed by atoms with Crippen LogP contribution in [0.25, 0.3) is 11.3 Å². The smallest absolute Gasteiger partial charge is 0.255 e. The quantitative estimate of drug-likeness (QED) is 0.155. The molecule has 14 heteroatoms. The number of carbonyl (C=O) groups excluding carboxylic acids is 2. The minimum absolute atomic E-state index is 0.163. The van der Waals surface area contributed by atoms with E-state index in [9.17, 15) is 19.1 Å². The Labute approximate surface area is 234 Å². The van der Waals surface area contributed by atoms with Crippen LogP contribution in [0.5, 0.6) is 5.75 Å². The number of ether oxygens (including phenoxy) is 1. The highest BCUT2D eigenvalue weighted by Crippen LogP contribution is 2.32. The third-order valence-corrected chi connectivity index (χ3v) is 6.61. The number of aliphatic hydroxyl groups is 1. The lowest BCUT2D eigenvalue weighted by molar-refractivity contribution is -0.126. The third-order valence-electron chi connectivity index (χ3n) is 6.33. The monoisotopic (exact) mass is 570 g/mol. The van der Waals surface area contributed by atoms with Crippen molar-refractivity contribution in [3.8, 4) is 17.0 Å². The lowest BCUT2D eigenvalue weighted by Crippen LogP contribution is -2.46. The summed E-state index contributed by atoms with van der Waals surface area (Å²) in [5.41, 5.74) is 10.4. The molecule has 12 nitrogen and oxygen atoms in total. The number of nitrogens with two attached hydrogens (primary N) is 2. The highest BCUT2D eigenvalue weighted by Gasteiger charge is 2.35. The Morgan fingerprint density at radius 2 is 2.10 bits per heavy atom. The molecular formula is C26H28ClFN8O4. The van der Waals surface area contributed by atoms with Crippen molar-refractivity contribution in [1.82, 2.24) is 25.6 Å². The van der Waals surface area contributed by atoms with Crippen molar-refractivity contribution in [2.75, 3.05) is 19.0 Å². The number of aromatic nitrogens is 2. The number of amides is 2. The number of fused-ring (bicyclic) bond motifs is 1. The SMILES string of the molecule is COc1cc(F)cc([C@@H](CO)NC(=O)[C@@H](C)N2Cc3ccc(-c4nc(N/C(N)=C/NN)ncc4Cl)cc3C2=O)c1. The maximum Gasteiger partial charge on any atom is 0.255 e. The van der Waals surface area contributed by atoms with Crippen molar-refractivity contribution >= 4 is 29.4 Å². The predicted octanol–water partition coefficient (Wildman–Crippen LogP) is 1.77. The number of nitrogens with zero attached hydrogens (tertiary/aromatic N) is 3. The molecule has 210 valence electrons. The molecule has 1 aromatic heterocycles. The van der Waals surface area contributed by atoms with E-state index in [4.69, 9.17) is 27.9 Å². The lowest BCUT2D eigenvalue weighted by atomic mass is 10.0. The first-order valence-corrected chi connectivity index (χ1v) is 12.4. The number of hydrogen-bond acceptors (Lipinski definition) is 10. The zero-order chi connectivity index (χ0) is 29.0. The first kappa shape index (κ1) is 28.5. The normalized spacial score (nSPS) is 14.4. The van der Waals surface area contributed by atoms with Crippen LogP contribution in [0, 0.1) is 5.82 Å². The van der Waals surface area contributed by atoms with Crippen LogP contribution >= 0.6 is 11.6 Å². The molecule has 40 heavy (non-hydrogen) atoms. The molecule has 0 spiro atoms. The number of hydrogen-bond donors (Lipinski definition) is 6. The zero-order valence-corrected chi connectivity index (χ0v) is 22.4. The number of rotatable bonds is 10. The van der Waals surface area contributed by atoms with E-state index < -0.39 is 30.4 Å². The third kappa shape index (κ3) is 6.06. The second kappa shape index (κ2) is 12.2. The van der Waals surface area contributed by atoms with Gasteiger partial charge in [-0.2, -0.15) is 0 Å². The second-order valence-electron chi connectivity index (χ2n) is 8.93. The standard InChI is InChI=1S/C26H28ClFN8O4/c1-13(24(38)33-21(12-37)16-5-17(28)8-18(6-16)40-2)36-11-15-4-3-14(7-19(15)25(36)39)23-20(27)9-31-26(35-23)34-22(29)10-32-30/h3-10,13,21,32,37H,11-12,29-30H2,1-2H3,(H,33,38)(H,31,34,35)/b22-10+/t13-,21-/m1/s1. The molecule has 2 aromatic carbocycles. The van der Waals surface area contributed by atoms with E-state index in [-0.39, 0.29) is 35.0 Å². The molecule has 0 saturated carbocycles. The van der Waals surface area contributed by atoms with Crippen LogP contribution in [0.4, 0.5) is 10.3 Å². The summed E-state index contributed by atoms with van der Waals surface area (Å²) in [5.74, 6) is 4.34. The van der Waals surface area contributed by atoms with Crippen molar-refractivity contribution in [1.29, 1.82) is 0 Å². The topological polar surface area (TPSA) is 181 Å². The van der Waals surface area contributed by atoms with Gasteiger partial charge in [0.05, 0.1) is 42.9 Å². The molecule has 8 N–H and O–H groups in total. The van der Waals surface area contributed by atoms with Crippen LogP contribution in [-0.4, -0.2) is 51.5 Å². The van der Waals surface area contributed by atoms with Crippen LogP contribution in [0.1, 0.15) is 34.5 Å². The Kier molecular flexibility index (Phi) is 8.67. The number of hydrazine groups is 1.